The van der Waals surface area contributed by atoms with Gasteiger partial charge in [0, 0.05) is 6.04 Å². The van der Waals surface area contributed by atoms with Crippen molar-refractivity contribution >= 4 is 0 Å². The Bertz CT molecular complexity index is 190. The summed E-state index contributed by atoms with van der Waals surface area (Å²) in [7, 11) is 0. The summed E-state index contributed by atoms with van der Waals surface area (Å²) >= 11 is 0. The topological polar surface area (TPSA) is 12.0 Å². The molecule has 0 radical (unpaired) electrons. The molecule has 2 aliphatic carbocycles. The van der Waals surface area contributed by atoms with Crippen LogP contribution in [0.1, 0.15) is 77.6 Å². The molecule has 0 spiro atoms. The van der Waals surface area contributed by atoms with E-state index in [0.717, 1.165) is 24.4 Å². The predicted octanol–water partition coefficient (Wildman–Crippen LogP) is 4.52. The first-order chi connectivity index (χ1) is 8.38. The third-order valence-electron chi connectivity index (χ3n) is 4.71. The van der Waals surface area contributed by atoms with Crippen LogP contribution in [0.25, 0.3) is 0 Å². The molecule has 0 bridgehead atoms. The van der Waals surface area contributed by atoms with E-state index in [9.17, 15) is 0 Å². The second kappa shape index (κ2) is 7.41. The maximum absolute atomic E-state index is 3.73. The lowest BCUT2D eigenvalue weighted by atomic mass is 9.90. The van der Waals surface area contributed by atoms with E-state index in [2.05, 4.69) is 12.2 Å². The van der Waals surface area contributed by atoms with Crippen LogP contribution in [-0.4, -0.2) is 12.6 Å². The fourth-order valence-electron chi connectivity index (χ4n) is 3.44. The van der Waals surface area contributed by atoms with E-state index in [0.29, 0.717) is 0 Å². The van der Waals surface area contributed by atoms with E-state index >= 15 is 0 Å². The lowest BCUT2D eigenvalue weighted by molar-refractivity contribution is 0.335. The zero-order valence-electron chi connectivity index (χ0n) is 11.7. The molecule has 0 aromatic rings. The smallest absolute Gasteiger partial charge is 0.00696 e. The summed E-state index contributed by atoms with van der Waals surface area (Å²) in [6.45, 7) is 3.42. The van der Waals surface area contributed by atoms with Crippen LogP contribution in [0.5, 0.6) is 0 Å². The Hall–Kier alpha value is -0.0400. The molecule has 2 fully saturated rings. The molecule has 1 N–H and O–H groups in total. The van der Waals surface area contributed by atoms with Crippen molar-refractivity contribution in [1.29, 1.82) is 0 Å². The molecule has 1 atom stereocenters. The minimum atomic E-state index is 0.823. The maximum Gasteiger partial charge on any atom is 0.00696 e. The summed E-state index contributed by atoms with van der Waals surface area (Å²) in [5.74, 6) is 2.13. The number of nitrogens with one attached hydrogen (secondary N) is 1. The molecular weight excluding hydrogens is 206 g/mol. The van der Waals surface area contributed by atoms with Gasteiger partial charge in [-0.05, 0) is 37.6 Å². The van der Waals surface area contributed by atoms with E-state index in [1.54, 1.807) is 0 Å². The zero-order valence-corrected chi connectivity index (χ0v) is 11.7. The second-order valence-electron chi connectivity index (χ2n) is 6.37. The van der Waals surface area contributed by atoms with Gasteiger partial charge in [0.05, 0.1) is 0 Å². The average molecular weight is 237 g/mol. The molecular formula is C16H31N. The molecule has 1 unspecified atom stereocenters. The monoisotopic (exact) mass is 237 g/mol. The van der Waals surface area contributed by atoms with Crippen LogP contribution in [-0.2, 0) is 0 Å². The van der Waals surface area contributed by atoms with Gasteiger partial charge in [0.2, 0.25) is 0 Å². The van der Waals surface area contributed by atoms with Gasteiger partial charge < -0.3 is 5.32 Å². The number of hydrogen-bond donors (Lipinski definition) is 1. The van der Waals surface area contributed by atoms with Gasteiger partial charge in [0.15, 0.2) is 0 Å². The summed E-state index contributed by atoms with van der Waals surface area (Å²) in [4.78, 5) is 0. The molecule has 1 heteroatoms. The fourth-order valence-corrected chi connectivity index (χ4v) is 3.44. The Kier molecular flexibility index (Phi) is 5.84. The minimum Gasteiger partial charge on any atom is -0.314 e. The molecule has 2 rings (SSSR count). The van der Waals surface area contributed by atoms with Gasteiger partial charge in [0.25, 0.3) is 0 Å². The van der Waals surface area contributed by atoms with Crippen molar-refractivity contribution in [3.63, 3.8) is 0 Å². The van der Waals surface area contributed by atoms with Crippen LogP contribution >= 0.6 is 0 Å². The Morgan fingerprint density at radius 1 is 0.941 bits per heavy atom. The van der Waals surface area contributed by atoms with Gasteiger partial charge in [-0.2, -0.15) is 0 Å². The normalized spacial score (nSPS) is 24.5. The third-order valence-corrected chi connectivity index (χ3v) is 4.71. The van der Waals surface area contributed by atoms with Crippen molar-refractivity contribution < 1.29 is 0 Å². The van der Waals surface area contributed by atoms with Crippen molar-refractivity contribution in [2.75, 3.05) is 6.54 Å². The van der Waals surface area contributed by atoms with Crippen LogP contribution in [0.2, 0.25) is 0 Å². The van der Waals surface area contributed by atoms with Crippen LogP contribution in [0.3, 0.4) is 0 Å². The summed E-state index contributed by atoms with van der Waals surface area (Å²) in [6, 6.07) is 0.823. The van der Waals surface area contributed by atoms with Crippen molar-refractivity contribution in [1.82, 2.24) is 5.32 Å². The van der Waals surface area contributed by atoms with E-state index in [-0.39, 0.29) is 0 Å². The Morgan fingerprint density at radius 3 is 2.24 bits per heavy atom. The predicted molar refractivity (Wildman–Crippen MR) is 75.2 cm³/mol. The molecule has 1 nitrogen and oxygen atoms in total. The lowest BCUT2D eigenvalue weighted by Gasteiger charge is -2.23. The highest BCUT2D eigenvalue weighted by Gasteiger charge is 2.23. The first-order valence-corrected chi connectivity index (χ1v) is 8.12. The first-order valence-electron chi connectivity index (χ1n) is 8.12. The second-order valence-corrected chi connectivity index (χ2v) is 6.37. The maximum atomic E-state index is 3.73. The van der Waals surface area contributed by atoms with Gasteiger partial charge in [-0.15, -0.1) is 0 Å². The number of hydrogen-bond acceptors (Lipinski definition) is 1. The van der Waals surface area contributed by atoms with E-state index in [1.807, 2.05) is 0 Å². The lowest BCUT2D eigenvalue weighted by Crippen LogP contribution is -2.31. The fraction of sp³-hybridized carbons (Fsp3) is 1.00. The molecule has 17 heavy (non-hydrogen) atoms. The van der Waals surface area contributed by atoms with Crippen LogP contribution in [0.15, 0.2) is 0 Å². The quantitative estimate of drug-likeness (QED) is 0.642. The van der Waals surface area contributed by atoms with Crippen LogP contribution in [0.4, 0.5) is 0 Å². The highest BCUT2D eigenvalue weighted by atomic mass is 14.9. The van der Waals surface area contributed by atoms with E-state index in [4.69, 9.17) is 0 Å². The molecule has 0 aromatic carbocycles. The summed E-state index contributed by atoms with van der Waals surface area (Å²) in [5.41, 5.74) is 0. The Balaban J connectivity index is 1.69. The van der Waals surface area contributed by atoms with E-state index < -0.39 is 0 Å². The summed E-state index contributed by atoms with van der Waals surface area (Å²) in [6.07, 6.45) is 16.4. The van der Waals surface area contributed by atoms with Crippen molar-refractivity contribution in [3.05, 3.63) is 0 Å². The molecule has 2 aliphatic rings. The summed E-state index contributed by atoms with van der Waals surface area (Å²) in [5, 5.41) is 3.73. The van der Waals surface area contributed by atoms with Gasteiger partial charge >= 0.3 is 0 Å². The van der Waals surface area contributed by atoms with Gasteiger partial charge in [-0.1, -0.05) is 58.3 Å². The van der Waals surface area contributed by atoms with Gasteiger partial charge in [-0.3, -0.25) is 0 Å². The van der Waals surface area contributed by atoms with Gasteiger partial charge in [-0.25, -0.2) is 0 Å². The highest BCUT2D eigenvalue weighted by molar-refractivity contribution is 4.79. The first kappa shape index (κ1) is 13.4. The third kappa shape index (κ3) is 5.42. The molecule has 0 heterocycles. The molecule has 0 aromatic heterocycles. The molecule has 0 amide bonds. The van der Waals surface area contributed by atoms with Crippen LogP contribution in [0, 0.1) is 11.8 Å². The largest absolute Gasteiger partial charge is 0.314 e. The van der Waals surface area contributed by atoms with E-state index in [1.165, 1.54) is 70.6 Å². The van der Waals surface area contributed by atoms with Gasteiger partial charge in [0.1, 0.15) is 0 Å². The summed E-state index contributed by atoms with van der Waals surface area (Å²) < 4.78 is 0. The molecule has 0 saturated heterocycles. The number of rotatable bonds is 7. The van der Waals surface area contributed by atoms with Crippen molar-refractivity contribution in [2.24, 2.45) is 11.8 Å². The zero-order chi connectivity index (χ0) is 11.9. The van der Waals surface area contributed by atoms with Crippen molar-refractivity contribution in [3.8, 4) is 0 Å². The Labute approximate surface area is 108 Å². The minimum absolute atomic E-state index is 0.823. The van der Waals surface area contributed by atoms with Crippen molar-refractivity contribution in [2.45, 2.75) is 83.6 Å². The SMILES string of the molecule is CCNC(CCC1CC1)CC1CCCCCC1. The highest BCUT2D eigenvalue weighted by Crippen LogP contribution is 2.35. The standard InChI is InChI=1S/C16H31N/c1-2-17-16(12-11-14-9-10-14)13-15-7-5-3-4-6-8-15/h14-17H,2-13H2,1H3. The molecule has 100 valence electrons. The molecule has 2 saturated carbocycles. The molecule has 0 aliphatic heterocycles. The average Bonchev–Trinajstić information content (AvgIpc) is 3.14. The Morgan fingerprint density at radius 2 is 1.65 bits per heavy atom. The van der Waals surface area contributed by atoms with Crippen LogP contribution < -0.4 is 5.32 Å².